The minimum absolute atomic E-state index is 0.0579. The molecule has 1 aliphatic rings. The quantitative estimate of drug-likeness (QED) is 0.503. The number of nitrogens with zero attached hydrogens (tertiary/aromatic N) is 3. The Morgan fingerprint density at radius 1 is 1.23 bits per heavy atom. The fraction of sp³-hybridized carbons (Fsp3) is 0.182. The number of amides is 1. The number of rotatable bonds is 5. The Kier molecular flexibility index (Phi) is 4.69. The third-order valence-corrected chi connectivity index (χ3v) is 5.31. The number of pyridine rings is 1. The number of hydrogen-bond acceptors (Lipinski definition) is 5. The molecule has 7 nitrogen and oxygen atoms in total. The number of aliphatic imine (C=N–C) groups is 1. The summed E-state index contributed by atoms with van der Waals surface area (Å²) >= 11 is 0. The second-order valence-electron chi connectivity index (χ2n) is 7.05. The Bertz CT molecular complexity index is 1190. The van der Waals surface area contributed by atoms with E-state index < -0.39 is 11.5 Å². The lowest BCUT2D eigenvalue weighted by Crippen LogP contribution is -2.41. The highest BCUT2D eigenvalue weighted by Crippen LogP contribution is 2.41. The minimum atomic E-state index is -1.48. The molecule has 0 bridgehead atoms. The summed E-state index contributed by atoms with van der Waals surface area (Å²) in [6.45, 7) is 1.76. The minimum Gasteiger partial charge on any atom is -0.369 e. The first-order chi connectivity index (χ1) is 14.4. The monoisotopic (exact) mass is 405 g/mol. The van der Waals surface area contributed by atoms with Gasteiger partial charge in [-0.2, -0.15) is 4.39 Å². The summed E-state index contributed by atoms with van der Waals surface area (Å²) in [6, 6.07) is 11.8. The summed E-state index contributed by atoms with van der Waals surface area (Å²) in [5.74, 6) is -1.00. The highest BCUT2D eigenvalue weighted by Gasteiger charge is 2.50. The lowest BCUT2D eigenvalue weighted by molar-refractivity contribution is -0.129. The van der Waals surface area contributed by atoms with Crippen LogP contribution in [0.15, 0.2) is 59.9 Å². The molecule has 0 radical (unpaired) electrons. The van der Waals surface area contributed by atoms with E-state index in [0.29, 0.717) is 34.4 Å². The Labute approximate surface area is 172 Å². The van der Waals surface area contributed by atoms with Crippen LogP contribution in [0.5, 0.6) is 0 Å². The number of likely N-dealkylation sites (N-methyl/N-ethyl adjacent to an activating group) is 1. The molecule has 3 heterocycles. The third-order valence-electron chi connectivity index (χ3n) is 5.31. The number of aromatic amines is 1. The van der Waals surface area contributed by atoms with Crippen molar-refractivity contribution in [2.45, 2.75) is 18.9 Å². The van der Waals surface area contributed by atoms with E-state index in [0.717, 1.165) is 0 Å². The van der Waals surface area contributed by atoms with Crippen LogP contribution in [0.1, 0.15) is 35.0 Å². The van der Waals surface area contributed by atoms with Crippen LogP contribution in [-0.4, -0.2) is 39.6 Å². The van der Waals surface area contributed by atoms with Gasteiger partial charge in [-0.3, -0.25) is 14.5 Å². The van der Waals surface area contributed by atoms with Crippen molar-refractivity contribution in [3.8, 4) is 11.1 Å². The van der Waals surface area contributed by atoms with E-state index in [4.69, 9.17) is 5.73 Å². The van der Waals surface area contributed by atoms with Crippen LogP contribution in [0.4, 0.5) is 4.39 Å². The zero-order valence-corrected chi connectivity index (χ0v) is 16.5. The molecule has 0 aliphatic carbocycles. The van der Waals surface area contributed by atoms with Crippen molar-refractivity contribution in [3.63, 3.8) is 0 Å². The molecule has 0 spiro atoms. The SMILES string of the molecule is CCC(=O)c1cc(C2(c3cccc(-c4cccnc4F)c3)N=C(N)N(C)C2=O)c[nH]1. The van der Waals surface area contributed by atoms with Crippen molar-refractivity contribution in [2.24, 2.45) is 10.7 Å². The average molecular weight is 405 g/mol. The molecule has 0 saturated heterocycles. The number of hydrogen-bond donors (Lipinski definition) is 2. The number of H-pyrrole nitrogens is 1. The third kappa shape index (κ3) is 2.88. The van der Waals surface area contributed by atoms with Gasteiger partial charge in [-0.1, -0.05) is 25.1 Å². The van der Waals surface area contributed by atoms with Crippen LogP contribution in [0.2, 0.25) is 0 Å². The molecule has 4 rings (SSSR count). The maximum absolute atomic E-state index is 14.3. The van der Waals surface area contributed by atoms with Crippen molar-refractivity contribution in [1.29, 1.82) is 0 Å². The number of ketones is 1. The van der Waals surface area contributed by atoms with Gasteiger partial charge in [-0.25, -0.2) is 9.98 Å². The number of halogens is 1. The van der Waals surface area contributed by atoms with Gasteiger partial charge in [0.1, 0.15) is 0 Å². The number of nitrogens with one attached hydrogen (secondary N) is 1. The molecule has 1 unspecified atom stereocenters. The van der Waals surface area contributed by atoms with Crippen LogP contribution >= 0.6 is 0 Å². The first-order valence-electron chi connectivity index (χ1n) is 9.45. The number of carbonyl (C=O) groups excluding carboxylic acids is 2. The number of guanidine groups is 1. The molecule has 1 atom stereocenters. The van der Waals surface area contributed by atoms with Crippen molar-refractivity contribution < 1.29 is 14.0 Å². The molecule has 1 aromatic carbocycles. The Morgan fingerprint density at radius 2 is 2.03 bits per heavy atom. The summed E-state index contributed by atoms with van der Waals surface area (Å²) < 4.78 is 14.3. The van der Waals surface area contributed by atoms with Crippen LogP contribution in [0.25, 0.3) is 11.1 Å². The second-order valence-corrected chi connectivity index (χ2v) is 7.05. The van der Waals surface area contributed by atoms with Crippen molar-refractivity contribution >= 4 is 17.6 Å². The summed E-state index contributed by atoms with van der Waals surface area (Å²) in [5, 5.41) is 0. The lowest BCUT2D eigenvalue weighted by atomic mass is 9.83. The Balaban J connectivity index is 1.92. The van der Waals surface area contributed by atoms with Crippen molar-refractivity contribution in [3.05, 3.63) is 77.6 Å². The fourth-order valence-corrected chi connectivity index (χ4v) is 3.65. The Hall–Kier alpha value is -3.81. The highest BCUT2D eigenvalue weighted by atomic mass is 19.1. The number of nitrogens with two attached hydrogens (primary N) is 1. The first kappa shape index (κ1) is 19.5. The molecule has 8 heteroatoms. The van der Waals surface area contributed by atoms with E-state index >= 15 is 0 Å². The molecule has 0 saturated carbocycles. The molecule has 30 heavy (non-hydrogen) atoms. The van der Waals surface area contributed by atoms with Gasteiger partial charge < -0.3 is 10.7 Å². The second kappa shape index (κ2) is 7.22. The van der Waals surface area contributed by atoms with E-state index in [1.807, 2.05) is 0 Å². The maximum Gasteiger partial charge on any atom is 0.266 e. The lowest BCUT2D eigenvalue weighted by Gasteiger charge is -2.25. The van der Waals surface area contributed by atoms with E-state index in [9.17, 15) is 14.0 Å². The molecule has 0 fully saturated rings. The average Bonchev–Trinajstić information content (AvgIpc) is 3.34. The molecular weight excluding hydrogens is 385 g/mol. The van der Waals surface area contributed by atoms with E-state index in [1.165, 1.54) is 18.1 Å². The zero-order chi connectivity index (χ0) is 21.5. The van der Waals surface area contributed by atoms with Crippen LogP contribution < -0.4 is 5.73 Å². The normalized spacial score (nSPS) is 18.6. The molecule has 152 valence electrons. The van der Waals surface area contributed by atoms with E-state index in [2.05, 4.69) is 15.0 Å². The molecular formula is C22H20FN5O2. The van der Waals surface area contributed by atoms with Crippen LogP contribution in [0.3, 0.4) is 0 Å². The number of carbonyl (C=O) groups is 2. The predicted molar refractivity (Wildman–Crippen MR) is 110 cm³/mol. The van der Waals surface area contributed by atoms with Crippen molar-refractivity contribution in [2.75, 3.05) is 7.05 Å². The molecule has 1 aliphatic heterocycles. The number of Topliss-reactive ketones (excluding diaryl/α,β-unsaturated/α-hetero) is 1. The molecule has 2 aromatic heterocycles. The number of benzene rings is 1. The summed E-state index contributed by atoms with van der Waals surface area (Å²) in [5.41, 5.74) is 6.76. The van der Waals surface area contributed by atoms with E-state index in [1.54, 1.807) is 55.6 Å². The smallest absolute Gasteiger partial charge is 0.266 e. The van der Waals surface area contributed by atoms with Crippen molar-refractivity contribution in [1.82, 2.24) is 14.9 Å². The summed E-state index contributed by atoms with van der Waals surface area (Å²) in [7, 11) is 1.54. The topological polar surface area (TPSA) is 104 Å². The van der Waals surface area contributed by atoms with Gasteiger partial charge in [-0.05, 0) is 35.4 Å². The van der Waals surface area contributed by atoms with Crippen LogP contribution in [-0.2, 0) is 10.3 Å². The number of aromatic nitrogens is 2. The molecule has 3 aromatic rings. The van der Waals surface area contributed by atoms with Gasteiger partial charge in [0.2, 0.25) is 5.95 Å². The van der Waals surface area contributed by atoms with Gasteiger partial charge >= 0.3 is 0 Å². The zero-order valence-electron chi connectivity index (χ0n) is 16.5. The highest BCUT2D eigenvalue weighted by molar-refractivity contribution is 6.09. The van der Waals surface area contributed by atoms with Gasteiger partial charge in [0.15, 0.2) is 17.3 Å². The van der Waals surface area contributed by atoms with Gasteiger partial charge in [0.05, 0.1) is 5.69 Å². The fourth-order valence-electron chi connectivity index (χ4n) is 3.65. The summed E-state index contributed by atoms with van der Waals surface area (Å²) in [6.07, 6.45) is 3.28. The van der Waals surface area contributed by atoms with Gasteiger partial charge in [0.25, 0.3) is 5.91 Å². The van der Waals surface area contributed by atoms with Crippen LogP contribution in [0, 0.1) is 5.95 Å². The summed E-state index contributed by atoms with van der Waals surface area (Å²) in [4.78, 5) is 37.9. The standard InChI is InChI=1S/C22H20FN5O2/c1-3-18(29)17-11-15(12-26-17)22(20(30)28(2)21(24)27-22)14-7-4-6-13(10-14)16-8-5-9-25-19(16)23/h4-12,26H,3H2,1-2H3,(H2,24,27). The Morgan fingerprint density at radius 3 is 2.70 bits per heavy atom. The predicted octanol–water partition coefficient (Wildman–Crippen LogP) is 2.84. The molecule has 3 N–H and O–H groups in total. The first-order valence-corrected chi connectivity index (χ1v) is 9.45. The molecule has 1 amide bonds. The maximum atomic E-state index is 14.3. The van der Waals surface area contributed by atoms with Gasteiger partial charge in [0, 0.05) is 37.0 Å². The largest absolute Gasteiger partial charge is 0.369 e. The van der Waals surface area contributed by atoms with E-state index in [-0.39, 0.29) is 17.6 Å². The van der Waals surface area contributed by atoms with Gasteiger partial charge in [-0.15, -0.1) is 0 Å².